The molecule has 7 aromatic rings. The van der Waals surface area contributed by atoms with E-state index >= 15 is 0 Å². The van der Waals surface area contributed by atoms with Crippen LogP contribution in [0.1, 0.15) is 0 Å². The predicted octanol–water partition coefficient (Wildman–Crippen LogP) is 9.07. The van der Waals surface area contributed by atoms with Crippen LogP contribution in [-0.4, -0.2) is 9.97 Å². The molecule has 0 unspecified atom stereocenters. The molecule has 6 aromatic carbocycles. The van der Waals surface area contributed by atoms with Crippen molar-refractivity contribution in [1.29, 1.82) is 0 Å². The quantitative estimate of drug-likeness (QED) is 0.239. The molecule has 3 heteroatoms. The lowest BCUT2D eigenvalue weighted by atomic mass is 9.99. The van der Waals surface area contributed by atoms with Gasteiger partial charge in [-0.1, -0.05) is 97.1 Å². The summed E-state index contributed by atoms with van der Waals surface area (Å²) in [6, 6.07) is 46.3. The van der Waals surface area contributed by atoms with Crippen molar-refractivity contribution < 1.29 is 0 Å². The second-order valence-corrected chi connectivity index (χ2v) is 9.10. The maximum Gasteiger partial charge on any atom is 0.0979 e. The topological polar surface area (TPSA) is 29.0 Å². The van der Waals surface area contributed by atoms with Crippen LogP contribution in [0.2, 0.25) is 0 Å². The molecule has 0 aliphatic rings. The van der Waals surface area contributed by atoms with Crippen molar-refractivity contribution in [3.63, 3.8) is 0 Å². The van der Waals surface area contributed by atoms with Gasteiger partial charge in [-0.25, -0.2) is 4.98 Å². The van der Waals surface area contributed by atoms with E-state index in [1.165, 1.54) is 10.8 Å². The van der Waals surface area contributed by atoms with Gasteiger partial charge in [0, 0.05) is 33.4 Å². The van der Waals surface area contributed by atoms with Gasteiger partial charge in [0.1, 0.15) is 0 Å². The van der Waals surface area contributed by atoms with Crippen LogP contribution < -0.4 is 4.90 Å². The molecule has 0 aliphatic heterocycles. The molecule has 1 heterocycles. The molecule has 0 amide bonds. The first-order chi connectivity index (χ1) is 18.4. The van der Waals surface area contributed by atoms with E-state index in [0.717, 1.165) is 50.1 Å². The van der Waals surface area contributed by atoms with Gasteiger partial charge in [0.25, 0.3) is 0 Å². The summed E-state index contributed by atoms with van der Waals surface area (Å²) in [7, 11) is 0. The van der Waals surface area contributed by atoms with E-state index in [4.69, 9.17) is 9.97 Å². The van der Waals surface area contributed by atoms with Gasteiger partial charge in [0.2, 0.25) is 0 Å². The van der Waals surface area contributed by atoms with Crippen molar-refractivity contribution in [2.45, 2.75) is 0 Å². The van der Waals surface area contributed by atoms with Crippen molar-refractivity contribution >= 4 is 49.6 Å². The molecule has 174 valence electrons. The van der Waals surface area contributed by atoms with Gasteiger partial charge >= 0.3 is 0 Å². The maximum atomic E-state index is 5.19. The first-order valence-corrected chi connectivity index (χ1v) is 12.4. The molecular formula is C34H23N3. The minimum atomic E-state index is 0.857. The molecule has 0 saturated heterocycles. The van der Waals surface area contributed by atoms with Crippen LogP contribution in [0.5, 0.6) is 0 Å². The Kier molecular flexibility index (Phi) is 5.11. The Morgan fingerprint density at radius 3 is 1.57 bits per heavy atom. The Morgan fingerprint density at radius 1 is 0.432 bits per heavy atom. The number of hydrogen-bond acceptors (Lipinski definition) is 3. The monoisotopic (exact) mass is 473 g/mol. The first kappa shape index (κ1) is 21.3. The van der Waals surface area contributed by atoms with Crippen LogP contribution in [0.3, 0.4) is 0 Å². The minimum absolute atomic E-state index is 0.857. The normalized spacial score (nSPS) is 11.2. The Balaban J connectivity index is 1.42. The van der Waals surface area contributed by atoms with Gasteiger partial charge in [-0.05, 0) is 47.2 Å². The van der Waals surface area contributed by atoms with Crippen molar-refractivity contribution in [2.75, 3.05) is 4.90 Å². The summed E-state index contributed by atoms with van der Waals surface area (Å²) in [5.41, 5.74) is 7.03. The third-order valence-corrected chi connectivity index (χ3v) is 6.86. The van der Waals surface area contributed by atoms with E-state index < -0.39 is 0 Å². The van der Waals surface area contributed by atoms with Crippen LogP contribution in [0.15, 0.2) is 140 Å². The van der Waals surface area contributed by atoms with Crippen molar-refractivity contribution in [3.05, 3.63) is 140 Å². The Morgan fingerprint density at radius 2 is 0.946 bits per heavy atom. The van der Waals surface area contributed by atoms with Gasteiger partial charge < -0.3 is 4.90 Å². The second kappa shape index (κ2) is 8.89. The molecule has 0 radical (unpaired) electrons. The van der Waals surface area contributed by atoms with Crippen LogP contribution in [0.4, 0.5) is 17.1 Å². The van der Waals surface area contributed by atoms with Gasteiger partial charge in [0.15, 0.2) is 0 Å². The maximum absolute atomic E-state index is 5.19. The first-order valence-electron chi connectivity index (χ1n) is 12.4. The van der Waals surface area contributed by atoms with E-state index in [-0.39, 0.29) is 0 Å². The zero-order valence-corrected chi connectivity index (χ0v) is 20.1. The molecule has 0 aliphatic carbocycles. The van der Waals surface area contributed by atoms with Crippen LogP contribution >= 0.6 is 0 Å². The molecule has 37 heavy (non-hydrogen) atoms. The Hall–Kier alpha value is -5.02. The third kappa shape index (κ3) is 3.69. The van der Waals surface area contributed by atoms with Gasteiger partial charge in [-0.3, -0.25) is 4.98 Å². The lowest BCUT2D eigenvalue weighted by molar-refractivity contribution is 1.27. The molecule has 1 aromatic heterocycles. The highest BCUT2D eigenvalue weighted by Crippen LogP contribution is 2.37. The van der Waals surface area contributed by atoms with Gasteiger partial charge in [-0.15, -0.1) is 0 Å². The zero-order valence-electron chi connectivity index (χ0n) is 20.1. The molecular weight excluding hydrogens is 450 g/mol. The highest BCUT2D eigenvalue weighted by Gasteiger charge is 2.15. The van der Waals surface area contributed by atoms with E-state index in [1.54, 1.807) is 0 Å². The highest BCUT2D eigenvalue weighted by atomic mass is 15.1. The summed E-state index contributed by atoms with van der Waals surface area (Å²) in [5, 5.41) is 4.65. The average molecular weight is 474 g/mol. The molecule has 0 fully saturated rings. The van der Waals surface area contributed by atoms with Crippen LogP contribution in [-0.2, 0) is 0 Å². The summed E-state index contributed by atoms with van der Waals surface area (Å²) in [6.45, 7) is 0. The van der Waals surface area contributed by atoms with E-state index in [2.05, 4.69) is 126 Å². The fourth-order valence-electron chi connectivity index (χ4n) is 5.17. The van der Waals surface area contributed by atoms with E-state index in [0.29, 0.717) is 0 Å². The molecule has 0 spiro atoms. The summed E-state index contributed by atoms with van der Waals surface area (Å²) in [4.78, 5) is 12.4. The fraction of sp³-hybridized carbons (Fsp3) is 0. The molecule has 3 nitrogen and oxygen atoms in total. The average Bonchev–Trinajstić information content (AvgIpc) is 2.98. The number of anilines is 3. The van der Waals surface area contributed by atoms with E-state index in [1.807, 2.05) is 18.3 Å². The van der Waals surface area contributed by atoms with Gasteiger partial charge in [0.05, 0.1) is 22.9 Å². The van der Waals surface area contributed by atoms with E-state index in [9.17, 15) is 0 Å². The summed E-state index contributed by atoms with van der Waals surface area (Å²) < 4.78 is 0. The smallest absolute Gasteiger partial charge is 0.0979 e. The number of fused-ring (bicyclic) bond motifs is 6. The second-order valence-electron chi connectivity index (χ2n) is 9.10. The predicted molar refractivity (Wildman–Crippen MR) is 155 cm³/mol. The van der Waals surface area contributed by atoms with Crippen molar-refractivity contribution in [3.8, 4) is 11.3 Å². The molecule has 7 rings (SSSR count). The Labute approximate surface area is 215 Å². The lowest BCUT2D eigenvalue weighted by Crippen LogP contribution is -2.09. The van der Waals surface area contributed by atoms with Crippen LogP contribution in [0.25, 0.3) is 43.8 Å². The highest BCUT2D eigenvalue weighted by molar-refractivity contribution is 6.23. The molecule has 0 saturated carbocycles. The van der Waals surface area contributed by atoms with Gasteiger partial charge in [-0.2, -0.15) is 0 Å². The number of aromatic nitrogens is 2. The SMILES string of the molecule is c1ccc(N(c2ccccc2)c2cccc(-c3cnc4c5ccccc5c5ccccc5c4n3)c2)cc1. The zero-order chi connectivity index (χ0) is 24.6. The number of para-hydroxylation sites is 2. The Bertz CT molecular complexity index is 1800. The van der Waals surface area contributed by atoms with Crippen LogP contribution in [0, 0.1) is 0 Å². The largest absolute Gasteiger partial charge is 0.310 e. The molecule has 0 atom stereocenters. The standard InChI is InChI=1S/C34H23N3/c1-3-13-25(14-4-1)37(26-15-5-2-6-16-26)27-17-11-12-24(22-27)32-23-35-33-30-20-9-7-18-28(30)29-19-8-10-21-31(29)34(33)36-32/h1-23H. The number of benzene rings is 6. The molecule has 0 bridgehead atoms. The van der Waals surface area contributed by atoms with Crippen molar-refractivity contribution in [1.82, 2.24) is 9.97 Å². The minimum Gasteiger partial charge on any atom is -0.310 e. The third-order valence-electron chi connectivity index (χ3n) is 6.86. The number of rotatable bonds is 4. The summed E-state index contributed by atoms with van der Waals surface area (Å²) in [6.07, 6.45) is 1.90. The number of nitrogens with zero attached hydrogens (tertiary/aromatic N) is 3. The van der Waals surface area contributed by atoms with Crippen molar-refractivity contribution in [2.24, 2.45) is 0 Å². The summed E-state index contributed by atoms with van der Waals surface area (Å²) in [5.74, 6) is 0. The lowest BCUT2D eigenvalue weighted by Gasteiger charge is -2.25. The molecule has 0 N–H and O–H groups in total. The summed E-state index contributed by atoms with van der Waals surface area (Å²) >= 11 is 0. The number of hydrogen-bond donors (Lipinski definition) is 0. The fourth-order valence-corrected chi connectivity index (χ4v) is 5.17.